The Morgan fingerprint density at radius 2 is 1.73 bits per heavy atom. The molecule has 3 aromatic heterocycles. The molecule has 4 heterocycles. The fourth-order valence-electron chi connectivity index (χ4n) is 10.2. The van der Waals surface area contributed by atoms with Gasteiger partial charge in [0.1, 0.15) is 5.82 Å². The van der Waals surface area contributed by atoms with Gasteiger partial charge < -0.3 is 10.2 Å². The average molecular weight is 655 g/mol. The van der Waals surface area contributed by atoms with Crippen LogP contribution in [-0.4, -0.2) is 26.3 Å². The number of hydrogen-bond acceptors (Lipinski definition) is 6. The van der Waals surface area contributed by atoms with Gasteiger partial charge in [-0.05, 0) is 116 Å². The van der Waals surface area contributed by atoms with Crippen molar-refractivity contribution in [1.82, 2.24) is 19.7 Å². The molecule has 4 saturated carbocycles. The molecule has 1 N–H and O–H groups in total. The molecule has 0 unspecified atom stereocenters. The highest BCUT2D eigenvalue weighted by atomic mass is 32.1. The fourth-order valence-corrected chi connectivity index (χ4v) is 11.1. The van der Waals surface area contributed by atoms with E-state index in [9.17, 15) is 0 Å². The number of benzene rings is 2. The summed E-state index contributed by atoms with van der Waals surface area (Å²) in [6.45, 7) is 14.1. The summed E-state index contributed by atoms with van der Waals surface area (Å²) >= 11 is 1.67. The second kappa shape index (κ2) is 11.6. The lowest BCUT2D eigenvalue weighted by molar-refractivity contribution is -0.0638. The van der Waals surface area contributed by atoms with E-state index in [1.54, 1.807) is 11.3 Å². The molecule has 10 rings (SSSR count). The number of anilines is 2. The highest BCUT2D eigenvalue weighted by Crippen LogP contribution is 2.60. The van der Waals surface area contributed by atoms with Gasteiger partial charge in [-0.15, -0.1) is 0 Å². The van der Waals surface area contributed by atoms with Crippen LogP contribution in [0.15, 0.2) is 67.4 Å². The van der Waals surface area contributed by atoms with Gasteiger partial charge in [0.25, 0.3) is 0 Å². The third kappa shape index (κ3) is 5.26. The molecular weight excluding hydrogens is 609 g/mol. The maximum absolute atomic E-state index is 5.38. The standard InChI is InChI=1S/C41H46N6S/c1-25(2)39-33(34-22-42-47(27(34)4)24-41-19-28-16-29(20-41)18-30(17-28)21-41)12-13-38(45-39)46-15-14-31-8-7-9-32(35(31)23-46)26(3)43-40-44-36-10-5-6-11-37(36)48-40/h5-13,22,25,28-30H,3,14-21,23-24H2,1-2,4H3,(H,43,44). The molecule has 4 fully saturated rings. The Labute approximate surface area is 288 Å². The Kier molecular flexibility index (Phi) is 7.26. The monoisotopic (exact) mass is 654 g/mol. The molecule has 48 heavy (non-hydrogen) atoms. The van der Waals surface area contributed by atoms with Gasteiger partial charge in [-0.2, -0.15) is 5.10 Å². The molecule has 4 bridgehead atoms. The van der Waals surface area contributed by atoms with Crippen molar-refractivity contribution in [3.63, 3.8) is 0 Å². The van der Waals surface area contributed by atoms with E-state index in [-0.39, 0.29) is 0 Å². The zero-order valence-corrected chi connectivity index (χ0v) is 29.3. The molecule has 0 atom stereocenters. The van der Waals surface area contributed by atoms with Crippen LogP contribution < -0.4 is 10.2 Å². The predicted molar refractivity (Wildman–Crippen MR) is 198 cm³/mol. The Hall–Kier alpha value is -3.97. The van der Waals surface area contributed by atoms with Gasteiger partial charge in [0, 0.05) is 47.7 Å². The lowest BCUT2D eigenvalue weighted by atomic mass is 9.49. The normalized spacial score (nSPS) is 24.4. The number of para-hydroxylation sites is 1. The first-order chi connectivity index (χ1) is 23.3. The number of nitrogens with zero attached hydrogens (tertiary/aromatic N) is 5. The summed E-state index contributed by atoms with van der Waals surface area (Å²) < 4.78 is 3.52. The molecule has 5 aromatic rings. The van der Waals surface area contributed by atoms with Gasteiger partial charge in [0.05, 0.1) is 22.1 Å². The molecule has 0 radical (unpaired) electrons. The summed E-state index contributed by atoms with van der Waals surface area (Å²) in [5.41, 5.74) is 11.1. The number of pyridine rings is 1. The summed E-state index contributed by atoms with van der Waals surface area (Å²) in [6.07, 6.45) is 11.8. The van der Waals surface area contributed by atoms with E-state index < -0.39 is 0 Å². The van der Waals surface area contributed by atoms with Crippen LogP contribution in [0.5, 0.6) is 0 Å². The molecule has 246 valence electrons. The summed E-state index contributed by atoms with van der Waals surface area (Å²) in [7, 11) is 0. The first kappa shape index (κ1) is 30.1. The van der Waals surface area contributed by atoms with Crippen LogP contribution in [0.25, 0.3) is 27.0 Å². The zero-order chi connectivity index (χ0) is 32.6. The molecule has 1 aliphatic heterocycles. The molecule has 0 saturated heterocycles. The van der Waals surface area contributed by atoms with E-state index in [1.165, 1.54) is 71.2 Å². The second-order valence-corrected chi connectivity index (χ2v) is 16.7. The molecular formula is C41H46N6S. The van der Waals surface area contributed by atoms with Gasteiger partial charge in [-0.3, -0.25) is 4.68 Å². The zero-order valence-electron chi connectivity index (χ0n) is 28.5. The van der Waals surface area contributed by atoms with Crippen molar-refractivity contribution in [2.75, 3.05) is 16.8 Å². The number of rotatable bonds is 8. The minimum Gasteiger partial charge on any atom is -0.352 e. The first-order valence-electron chi connectivity index (χ1n) is 18.0. The highest BCUT2D eigenvalue weighted by molar-refractivity contribution is 7.22. The number of nitrogens with one attached hydrogen (secondary N) is 1. The number of aromatic nitrogens is 4. The number of thiazole rings is 1. The minimum absolute atomic E-state index is 0.302. The largest absolute Gasteiger partial charge is 0.352 e. The Bertz CT molecular complexity index is 1970. The van der Waals surface area contributed by atoms with Crippen molar-refractivity contribution in [1.29, 1.82) is 0 Å². The van der Waals surface area contributed by atoms with Crippen LogP contribution >= 0.6 is 11.3 Å². The van der Waals surface area contributed by atoms with Gasteiger partial charge >= 0.3 is 0 Å². The molecule has 0 amide bonds. The van der Waals surface area contributed by atoms with Gasteiger partial charge in [-0.25, -0.2) is 9.97 Å². The van der Waals surface area contributed by atoms with Gasteiger partial charge in [-0.1, -0.05) is 62.1 Å². The topological polar surface area (TPSA) is 58.9 Å². The van der Waals surface area contributed by atoms with Crippen molar-refractivity contribution in [3.8, 4) is 11.1 Å². The quantitative estimate of drug-likeness (QED) is 0.181. The minimum atomic E-state index is 0.302. The molecule has 6 nitrogen and oxygen atoms in total. The van der Waals surface area contributed by atoms with Crippen LogP contribution in [0, 0.1) is 30.1 Å². The van der Waals surface area contributed by atoms with Crippen molar-refractivity contribution in [2.24, 2.45) is 23.2 Å². The van der Waals surface area contributed by atoms with E-state index in [0.717, 1.165) is 77.2 Å². The summed E-state index contributed by atoms with van der Waals surface area (Å²) in [5, 5.41) is 9.43. The lowest BCUT2D eigenvalue weighted by Gasteiger charge is -2.56. The molecule has 7 heteroatoms. The van der Waals surface area contributed by atoms with Crippen LogP contribution in [0.4, 0.5) is 10.9 Å². The van der Waals surface area contributed by atoms with E-state index in [2.05, 4.69) is 97.0 Å². The highest BCUT2D eigenvalue weighted by Gasteiger charge is 2.51. The Balaban J connectivity index is 0.968. The van der Waals surface area contributed by atoms with Crippen LogP contribution in [-0.2, 0) is 19.5 Å². The van der Waals surface area contributed by atoms with E-state index in [4.69, 9.17) is 15.1 Å². The number of hydrogen-bond donors (Lipinski definition) is 1. The average Bonchev–Trinajstić information content (AvgIpc) is 3.65. The van der Waals surface area contributed by atoms with Crippen LogP contribution in [0.1, 0.15) is 86.4 Å². The van der Waals surface area contributed by atoms with Crippen molar-refractivity contribution in [2.45, 2.75) is 84.7 Å². The lowest BCUT2D eigenvalue weighted by Crippen LogP contribution is -2.48. The summed E-state index contributed by atoms with van der Waals surface area (Å²) in [5.74, 6) is 4.23. The maximum atomic E-state index is 5.38. The third-order valence-electron chi connectivity index (χ3n) is 12.0. The molecule has 5 aliphatic rings. The first-order valence-corrected chi connectivity index (χ1v) is 18.8. The van der Waals surface area contributed by atoms with Gasteiger partial charge in [0.15, 0.2) is 5.13 Å². The van der Waals surface area contributed by atoms with Crippen molar-refractivity contribution < 1.29 is 0 Å². The van der Waals surface area contributed by atoms with Crippen molar-refractivity contribution in [3.05, 3.63) is 95.5 Å². The predicted octanol–water partition coefficient (Wildman–Crippen LogP) is 9.85. The number of fused-ring (bicyclic) bond motifs is 2. The van der Waals surface area contributed by atoms with E-state index in [1.807, 2.05) is 6.07 Å². The molecule has 0 spiro atoms. The second-order valence-electron chi connectivity index (χ2n) is 15.7. The van der Waals surface area contributed by atoms with Gasteiger partial charge in [0.2, 0.25) is 0 Å². The molecule has 2 aromatic carbocycles. The smallest absolute Gasteiger partial charge is 0.188 e. The summed E-state index contributed by atoms with van der Waals surface area (Å²) in [4.78, 5) is 12.6. The summed E-state index contributed by atoms with van der Waals surface area (Å²) in [6, 6.07) is 19.4. The van der Waals surface area contributed by atoms with Crippen molar-refractivity contribution >= 4 is 38.2 Å². The Morgan fingerprint density at radius 3 is 2.48 bits per heavy atom. The SMILES string of the molecule is C=C(Nc1nc2ccccc2s1)c1cccc2c1CN(c1ccc(-c3cnn(CC45CC6CC(CC(C6)C4)C5)c3C)c(C(C)C)n1)CC2. The third-order valence-corrected chi connectivity index (χ3v) is 12.9. The van der Waals surface area contributed by atoms with E-state index in [0.29, 0.717) is 11.3 Å². The Morgan fingerprint density at radius 1 is 0.958 bits per heavy atom. The fraction of sp³-hybridized carbons (Fsp3) is 0.439. The maximum Gasteiger partial charge on any atom is 0.188 e. The van der Waals surface area contributed by atoms with Crippen LogP contribution in [0.3, 0.4) is 0 Å². The van der Waals surface area contributed by atoms with E-state index >= 15 is 0 Å². The van der Waals surface area contributed by atoms with Crippen LogP contribution in [0.2, 0.25) is 0 Å². The molecule has 4 aliphatic carbocycles.